The van der Waals surface area contributed by atoms with Crippen molar-refractivity contribution in [1.82, 2.24) is 0 Å². The van der Waals surface area contributed by atoms with Crippen molar-refractivity contribution in [2.75, 3.05) is 10.6 Å². The van der Waals surface area contributed by atoms with E-state index in [1.165, 1.54) is 24.3 Å². The van der Waals surface area contributed by atoms with Crippen LogP contribution >= 0.6 is 0 Å². The Bertz CT molecular complexity index is 1170. The molecular weight excluding hydrogens is 374 g/mol. The van der Waals surface area contributed by atoms with Crippen molar-refractivity contribution < 1.29 is 19.2 Å². The van der Waals surface area contributed by atoms with Crippen molar-refractivity contribution >= 4 is 28.9 Å². The molecule has 29 heavy (non-hydrogen) atoms. The topological polar surface area (TPSA) is 111 Å². The maximum Gasteiger partial charge on any atom is 0.272 e. The number of nitrogens with one attached hydrogen (secondary N) is 2. The second-order valence-electron chi connectivity index (χ2n) is 6.48. The van der Waals surface area contributed by atoms with Crippen molar-refractivity contribution in [2.45, 2.75) is 6.92 Å². The van der Waals surface area contributed by atoms with Crippen LogP contribution in [0.3, 0.4) is 0 Å². The van der Waals surface area contributed by atoms with Crippen molar-refractivity contribution in [3.8, 4) is 11.5 Å². The van der Waals surface area contributed by atoms with Gasteiger partial charge in [-0.05, 0) is 49.4 Å². The second-order valence-corrected chi connectivity index (χ2v) is 6.48. The lowest BCUT2D eigenvalue weighted by atomic mass is 10.1. The largest absolute Gasteiger partial charge is 0.454 e. The first-order chi connectivity index (χ1) is 13.9. The van der Waals surface area contributed by atoms with E-state index in [1.54, 1.807) is 43.3 Å². The number of benzene rings is 3. The fourth-order valence-electron chi connectivity index (χ4n) is 3.05. The summed E-state index contributed by atoms with van der Waals surface area (Å²) in [7, 11) is 0. The van der Waals surface area contributed by atoms with E-state index in [0.717, 1.165) is 0 Å². The van der Waals surface area contributed by atoms with Crippen LogP contribution in [0.1, 0.15) is 26.3 Å². The Kier molecular flexibility index (Phi) is 4.44. The van der Waals surface area contributed by atoms with Gasteiger partial charge in [0.15, 0.2) is 5.75 Å². The third-order valence-corrected chi connectivity index (χ3v) is 4.49. The summed E-state index contributed by atoms with van der Waals surface area (Å²) >= 11 is 0. The highest BCUT2D eigenvalue weighted by molar-refractivity contribution is 6.10. The number of ether oxygens (including phenoxy) is 1. The van der Waals surface area contributed by atoms with Crippen LogP contribution in [0.15, 0.2) is 60.7 Å². The lowest BCUT2D eigenvalue weighted by Crippen LogP contribution is -2.14. The number of nitro benzene ring substituents is 1. The molecular formula is C21H15N3O5. The number of aryl methyl sites for hydroxylation is 1. The predicted molar refractivity (Wildman–Crippen MR) is 107 cm³/mol. The van der Waals surface area contributed by atoms with Crippen LogP contribution < -0.4 is 15.4 Å². The van der Waals surface area contributed by atoms with E-state index >= 15 is 0 Å². The third-order valence-electron chi connectivity index (χ3n) is 4.49. The normalized spacial score (nSPS) is 12.0. The van der Waals surface area contributed by atoms with Gasteiger partial charge in [0.1, 0.15) is 5.75 Å². The fourth-order valence-corrected chi connectivity index (χ4v) is 3.05. The number of amides is 2. The van der Waals surface area contributed by atoms with E-state index in [0.29, 0.717) is 28.4 Å². The number of hydrogen-bond donors (Lipinski definition) is 2. The van der Waals surface area contributed by atoms with E-state index in [-0.39, 0.29) is 22.7 Å². The second kappa shape index (κ2) is 7.08. The molecule has 0 fully saturated rings. The van der Waals surface area contributed by atoms with Crippen LogP contribution in [0.25, 0.3) is 0 Å². The van der Waals surface area contributed by atoms with Crippen molar-refractivity contribution in [2.24, 2.45) is 0 Å². The van der Waals surface area contributed by atoms with Gasteiger partial charge in [-0.25, -0.2) is 0 Å². The molecule has 0 radical (unpaired) electrons. The quantitative estimate of drug-likeness (QED) is 0.506. The summed E-state index contributed by atoms with van der Waals surface area (Å²) in [5, 5.41) is 16.4. The van der Waals surface area contributed by atoms with E-state index in [2.05, 4.69) is 10.6 Å². The molecule has 0 unspecified atom stereocenters. The molecule has 0 atom stereocenters. The van der Waals surface area contributed by atoms with Crippen LogP contribution in [0.4, 0.5) is 17.1 Å². The summed E-state index contributed by atoms with van der Waals surface area (Å²) in [6.45, 7) is 1.57. The SMILES string of the molecule is Cc1cc(C(=O)Nc2ccc3c(c2)C(=O)Nc2ccccc2O3)ccc1[N+](=O)[O-]. The van der Waals surface area contributed by atoms with Gasteiger partial charge in [0.2, 0.25) is 0 Å². The minimum Gasteiger partial charge on any atom is -0.454 e. The average Bonchev–Trinajstić information content (AvgIpc) is 2.83. The van der Waals surface area contributed by atoms with Crippen molar-refractivity contribution in [3.05, 3.63) is 87.5 Å². The predicted octanol–water partition coefficient (Wildman–Crippen LogP) is 4.51. The molecule has 1 aliphatic rings. The van der Waals surface area contributed by atoms with E-state index in [4.69, 9.17) is 4.74 Å². The Morgan fingerprint density at radius 3 is 2.62 bits per heavy atom. The molecule has 3 aromatic carbocycles. The van der Waals surface area contributed by atoms with Gasteiger partial charge in [-0.15, -0.1) is 0 Å². The third kappa shape index (κ3) is 3.51. The Hall–Kier alpha value is -4.20. The van der Waals surface area contributed by atoms with E-state index in [9.17, 15) is 19.7 Å². The Balaban J connectivity index is 1.59. The highest BCUT2D eigenvalue weighted by atomic mass is 16.6. The first-order valence-electron chi connectivity index (χ1n) is 8.71. The summed E-state index contributed by atoms with van der Waals surface area (Å²) < 4.78 is 5.81. The van der Waals surface area contributed by atoms with Gasteiger partial charge in [-0.3, -0.25) is 19.7 Å². The smallest absolute Gasteiger partial charge is 0.272 e. The number of rotatable bonds is 3. The minimum atomic E-state index is -0.500. The van der Waals surface area contributed by atoms with Crippen LogP contribution in [0, 0.1) is 17.0 Å². The van der Waals surface area contributed by atoms with Crippen LogP contribution in [-0.4, -0.2) is 16.7 Å². The Labute approximate surface area is 165 Å². The maximum absolute atomic E-state index is 12.6. The van der Waals surface area contributed by atoms with Gasteiger partial charge in [0.25, 0.3) is 17.5 Å². The number of nitro groups is 1. The number of carbonyl (C=O) groups excluding carboxylic acids is 2. The monoisotopic (exact) mass is 389 g/mol. The molecule has 0 spiro atoms. The number of hydrogen-bond acceptors (Lipinski definition) is 5. The first-order valence-corrected chi connectivity index (χ1v) is 8.71. The molecule has 8 heteroatoms. The molecule has 0 bridgehead atoms. The van der Waals surface area contributed by atoms with Gasteiger partial charge < -0.3 is 15.4 Å². The number of anilines is 2. The zero-order chi connectivity index (χ0) is 20.5. The lowest BCUT2D eigenvalue weighted by Gasteiger charge is -2.10. The van der Waals surface area contributed by atoms with Crippen LogP contribution in [0.5, 0.6) is 11.5 Å². The molecule has 2 N–H and O–H groups in total. The standard InChI is InChI=1S/C21H15N3O5/c1-12-10-13(6-8-17(12)24(27)28)20(25)22-14-7-9-18-15(11-14)21(26)23-16-4-2-3-5-19(16)29-18/h2-11H,1H3,(H,22,25)(H,23,26). The van der Waals surface area contributed by atoms with Gasteiger partial charge in [-0.2, -0.15) is 0 Å². The van der Waals surface area contributed by atoms with Gasteiger partial charge >= 0.3 is 0 Å². The maximum atomic E-state index is 12.6. The highest BCUT2D eigenvalue weighted by Gasteiger charge is 2.21. The Morgan fingerprint density at radius 1 is 1.07 bits per heavy atom. The van der Waals surface area contributed by atoms with Gasteiger partial charge in [0.05, 0.1) is 16.2 Å². The fraction of sp³-hybridized carbons (Fsp3) is 0.0476. The van der Waals surface area contributed by atoms with Crippen molar-refractivity contribution in [1.29, 1.82) is 0 Å². The van der Waals surface area contributed by atoms with Gasteiger partial charge in [0, 0.05) is 22.9 Å². The molecule has 4 rings (SSSR count). The lowest BCUT2D eigenvalue weighted by molar-refractivity contribution is -0.385. The number of carbonyl (C=O) groups is 2. The van der Waals surface area contributed by atoms with Gasteiger partial charge in [-0.1, -0.05) is 12.1 Å². The minimum absolute atomic E-state index is 0.0556. The summed E-state index contributed by atoms with van der Waals surface area (Å²) in [4.78, 5) is 35.5. The molecule has 144 valence electrons. The number of fused-ring (bicyclic) bond motifs is 2. The molecule has 3 aromatic rings. The molecule has 1 heterocycles. The van der Waals surface area contributed by atoms with E-state index in [1.807, 2.05) is 0 Å². The average molecular weight is 389 g/mol. The summed E-state index contributed by atoms with van der Waals surface area (Å²) in [6, 6.07) is 15.9. The Morgan fingerprint density at radius 2 is 1.86 bits per heavy atom. The first kappa shape index (κ1) is 18.2. The highest BCUT2D eigenvalue weighted by Crippen LogP contribution is 2.36. The number of para-hydroxylation sites is 2. The molecule has 8 nitrogen and oxygen atoms in total. The summed E-state index contributed by atoms with van der Waals surface area (Å²) in [5.74, 6) is 0.0998. The molecule has 0 saturated heterocycles. The molecule has 0 aliphatic carbocycles. The van der Waals surface area contributed by atoms with Crippen LogP contribution in [0.2, 0.25) is 0 Å². The zero-order valence-electron chi connectivity index (χ0n) is 15.3. The van der Waals surface area contributed by atoms with Crippen LogP contribution in [-0.2, 0) is 0 Å². The zero-order valence-corrected chi connectivity index (χ0v) is 15.3. The summed E-state index contributed by atoms with van der Waals surface area (Å²) in [6.07, 6.45) is 0. The summed E-state index contributed by atoms with van der Waals surface area (Å²) in [5.41, 5.74) is 1.83. The molecule has 0 aromatic heterocycles. The molecule has 0 saturated carbocycles. The molecule has 1 aliphatic heterocycles. The van der Waals surface area contributed by atoms with E-state index < -0.39 is 10.8 Å². The van der Waals surface area contributed by atoms with Crippen molar-refractivity contribution in [3.63, 3.8) is 0 Å². The molecule has 2 amide bonds. The number of nitrogens with zero attached hydrogens (tertiary/aromatic N) is 1.